The van der Waals surface area contributed by atoms with E-state index in [0.717, 1.165) is 6.42 Å². The van der Waals surface area contributed by atoms with Crippen molar-refractivity contribution >= 4 is 28.4 Å². The number of carbonyl (C=O) groups excluding carboxylic acids is 2. The van der Waals surface area contributed by atoms with E-state index < -0.39 is 0 Å². The van der Waals surface area contributed by atoms with Gasteiger partial charge in [0.15, 0.2) is 11.5 Å². The molecule has 0 fully saturated rings. The van der Waals surface area contributed by atoms with E-state index in [-0.39, 0.29) is 11.8 Å². The molecule has 2 amide bonds. The molecule has 3 rings (SSSR count). The summed E-state index contributed by atoms with van der Waals surface area (Å²) in [7, 11) is 4.60. The second-order valence-corrected chi connectivity index (χ2v) is 7.13. The van der Waals surface area contributed by atoms with Gasteiger partial charge in [0.2, 0.25) is 0 Å². The molecule has 0 saturated carbocycles. The fourth-order valence-electron chi connectivity index (χ4n) is 3.42. The van der Waals surface area contributed by atoms with E-state index in [4.69, 9.17) is 18.9 Å². The number of hydrogen-bond acceptors (Lipinski definition) is 6. The lowest BCUT2D eigenvalue weighted by Crippen LogP contribution is -2.25. The van der Waals surface area contributed by atoms with Crippen molar-refractivity contribution in [3.05, 3.63) is 47.7 Å². The normalized spacial score (nSPS) is 10.7. The quantitative estimate of drug-likeness (QED) is 0.381. The fourth-order valence-corrected chi connectivity index (χ4v) is 3.42. The Balaban J connectivity index is 1.76. The molecule has 176 valence electrons. The minimum Gasteiger partial charge on any atom is -0.496 e. The van der Waals surface area contributed by atoms with Crippen molar-refractivity contribution in [2.45, 2.75) is 13.3 Å². The van der Waals surface area contributed by atoms with Gasteiger partial charge in [-0.15, -0.1) is 0 Å². The molecule has 9 nitrogen and oxygen atoms in total. The first-order valence-corrected chi connectivity index (χ1v) is 10.6. The second kappa shape index (κ2) is 11.2. The van der Waals surface area contributed by atoms with E-state index >= 15 is 0 Å². The highest BCUT2D eigenvalue weighted by Gasteiger charge is 2.20. The molecule has 2 aromatic carbocycles. The van der Waals surface area contributed by atoms with Gasteiger partial charge in [0.25, 0.3) is 11.8 Å². The minimum absolute atomic E-state index is 0.213. The molecule has 0 spiro atoms. The number of nitrogens with one attached hydrogen (secondary N) is 3. The number of aromatic nitrogens is 1. The first-order valence-electron chi connectivity index (χ1n) is 10.6. The van der Waals surface area contributed by atoms with Crippen LogP contribution in [0.2, 0.25) is 0 Å². The maximum absolute atomic E-state index is 12.9. The van der Waals surface area contributed by atoms with E-state index in [9.17, 15) is 9.59 Å². The molecule has 0 atom stereocenters. The number of hydrogen-bond donors (Lipinski definition) is 3. The van der Waals surface area contributed by atoms with Crippen molar-refractivity contribution in [3.8, 4) is 17.2 Å². The molecule has 0 bridgehead atoms. The minimum atomic E-state index is -0.372. The zero-order valence-corrected chi connectivity index (χ0v) is 19.2. The van der Waals surface area contributed by atoms with Gasteiger partial charge in [0.05, 0.1) is 26.8 Å². The van der Waals surface area contributed by atoms with Gasteiger partial charge in [-0.3, -0.25) is 9.59 Å². The van der Waals surface area contributed by atoms with Crippen molar-refractivity contribution in [2.75, 3.05) is 46.4 Å². The Morgan fingerprint density at radius 2 is 1.76 bits per heavy atom. The predicted molar refractivity (Wildman–Crippen MR) is 126 cm³/mol. The Labute approximate surface area is 192 Å². The van der Waals surface area contributed by atoms with E-state index in [0.29, 0.717) is 64.9 Å². The lowest BCUT2D eigenvalue weighted by Gasteiger charge is -2.11. The van der Waals surface area contributed by atoms with E-state index in [1.54, 1.807) is 43.5 Å². The highest BCUT2D eigenvalue weighted by Crippen LogP contribution is 2.41. The van der Waals surface area contributed by atoms with Gasteiger partial charge in [-0.25, -0.2) is 0 Å². The number of ether oxygens (including phenoxy) is 4. The number of benzene rings is 2. The van der Waals surface area contributed by atoms with Gasteiger partial charge in [-0.05, 0) is 37.6 Å². The molecule has 1 aromatic heterocycles. The second-order valence-electron chi connectivity index (χ2n) is 7.13. The topological polar surface area (TPSA) is 111 Å². The molecule has 0 aliphatic carbocycles. The van der Waals surface area contributed by atoms with Crippen LogP contribution in [0.4, 0.5) is 5.69 Å². The smallest absolute Gasteiger partial charge is 0.272 e. The van der Waals surface area contributed by atoms with Crippen molar-refractivity contribution in [1.82, 2.24) is 10.3 Å². The van der Waals surface area contributed by atoms with Gasteiger partial charge in [-0.1, -0.05) is 6.07 Å². The third-order valence-corrected chi connectivity index (χ3v) is 5.02. The number of fused-ring (bicyclic) bond motifs is 1. The van der Waals surface area contributed by atoms with Crippen LogP contribution in [-0.2, 0) is 4.74 Å². The summed E-state index contributed by atoms with van der Waals surface area (Å²) in [5.74, 6) is 0.908. The van der Waals surface area contributed by atoms with Crippen molar-refractivity contribution in [1.29, 1.82) is 0 Å². The summed E-state index contributed by atoms with van der Waals surface area (Å²) in [4.78, 5) is 28.4. The maximum atomic E-state index is 12.9. The van der Waals surface area contributed by atoms with Gasteiger partial charge >= 0.3 is 0 Å². The van der Waals surface area contributed by atoms with Crippen molar-refractivity contribution in [2.24, 2.45) is 0 Å². The lowest BCUT2D eigenvalue weighted by atomic mass is 10.1. The van der Waals surface area contributed by atoms with Gasteiger partial charge in [0.1, 0.15) is 11.4 Å². The molecule has 9 heteroatoms. The summed E-state index contributed by atoms with van der Waals surface area (Å²) in [6, 6.07) is 10.1. The van der Waals surface area contributed by atoms with E-state index in [1.165, 1.54) is 14.2 Å². The van der Waals surface area contributed by atoms with Gasteiger partial charge < -0.3 is 34.6 Å². The molecule has 0 saturated heterocycles. The largest absolute Gasteiger partial charge is 0.496 e. The summed E-state index contributed by atoms with van der Waals surface area (Å²) in [6.45, 7) is 3.69. The molecule has 0 unspecified atom stereocenters. The molecular weight excluding hydrogens is 426 g/mol. The molecule has 0 radical (unpaired) electrons. The lowest BCUT2D eigenvalue weighted by molar-refractivity contribution is 0.0943. The Bertz CT molecular complexity index is 1120. The predicted octanol–water partition coefficient (Wildman–Crippen LogP) is 3.60. The molecule has 3 aromatic rings. The highest BCUT2D eigenvalue weighted by molar-refractivity contribution is 6.08. The average molecular weight is 456 g/mol. The third kappa shape index (κ3) is 5.56. The monoisotopic (exact) mass is 455 g/mol. The number of rotatable bonds is 11. The van der Waals surface area contributed by atoms with Crippen LogP contribution in [-0.4, -0.2) is 57.9 Å². The third-order valence-electron chi connectivity index (χ3n) is 5.02. The Hall–Kier alpha value is -3.72. The molecular formula is C24H29N3O6. The van der Waals surface area contributed by atoms with Crippen LogP contribution in [0.25, 0.3) is 10.9 Å². The number of amides is 2. The van der Waals surface area contributed by atoms with Crippen LogP contribution < -0.4 is 24.8 Å². The fraction of sp³-hybridized carbons (Fsp3) is 0.333. The average Bonchev–Trinajstić information content (AvgIpc) is 3.28. The molecule has 1 heterocycles. The van der Waals surface area contributed by atoms with E-state index in [2.05, 4.69) is 15.6 Å². The maximum Gasteiger partial charge on any atom is 0.272 e. The number of aromatic amines is 1. The van der Waals surface area contributed by atoms with Crippen LogP contribution in [0, 0.1) is 0 Å². The summed E-state index contributed by atoms with van der Waals surface area (Å²) >= 11 is 0. The zero-order valence-electron chi connectivity index (χ0n) is 19.2. The number of carbonyl (C=O) groups is 2. The summed E-state index contributed by atoms with van der Waals surface area (Å²) < 4.78 is 21.5. The summed E-state index contributed by atoms with van der Waals surface area (Å²) in [6.07, 6.45) is 0.730. The SMILES string of the molecule is CCOCCCNC(=O)c1cccc(NC(=O)c2cc3c(OC)cc(OC)c(OC)c3[nH]2)c1. The Morgan fingerprint density at radius 3 is 2.45 bits per heavy atom. The van der Waals surface area contributed by atoms with Crippen LogP contribution in [0.5, 0.6) is 17.2 Å². The summed E-state index contributed by atoms with van der Waals surface area (Å²) in [5.41, 5.74) is 1.84. The number of anilines is 1. The van der Waals surface area contributed by atoms with Gasteiger partial charge in [-0.2, -0.15) is 0 Å². The van der Waals surface area contributed by atoms with E-state index in [1.807, 2.05) is 6.92 Å². The molecule has 33 heavy (non-hydrogen) atoms. The Kier molecular flexibility index (Phi) is 8.15. The number of methoxy groups -OCH3 is 3. The van der Waals surface area contributed by atoms with Crippen LogP contribution in [0.3, 0.4) is 0 Å². The molecule has 0 aliphatic rings. The van der Waals surface area contributed by atoms with Crippen molar-refractivity contribution in [3.63, 3.8) is 0 Å². The van der Waals surface area contributed by atoms with Crippen LogP contribution in [0.15, 0.2) is 36.4 Å². The standard InChI is InChI=1S/C24H29N3O6/c1-5-33-11-7-10-25-23(28)15-8-6-9-16(12-15)26-24(29)18-13-17-19(30-2)14-20(31-3)22(32-4)21(17)27-18/h6,8-9,12-14,27H,5,7,10-11H2,1-4H3,(H,25,28)(H,26,29). The summed E-state index contributed by atoms with van der Waals surface area (Å²) in [5, 5.41) is 6.35. The molecule has 0 aliphatic heterocycles. The first kappa shape index (κ1) is 23.9. The van der Waals surface area contributed by atoms with Crippen molar-refractivity contribution < 1.29 is 28.5 Å². The molecule has 3 N–H and O–H groups in total. The van der Waals surface area contributed by atoms with Crippen LogP contribution >= 0.6 is 0 Å². The Morgan fingerprint density at radius 1 is 0.970 bits per heavy atom. The number of H-pyrrole nitrogens is 1. The highest BCUT2D eigenvalue weighted by atomic mass is 16.5. The van der Waals surface area contributed by atoms with Gasteiger partial charge in [0, 0.05) is 42.5 Å². The van der Waals surface area contributed by atoms with Crippen LogP contribution in [0.1, 0.15) is 34.2 Å². The zero-order chi connectivity index (χ0) is 23.8. The first-order chi connectivity index (χ1) is 16.0.